The van der Waals surface area contributed by atoms with E-state index in [1.807, 2.05) is 0 Å². The highest BCUT2D eigenvalue weighted by Gasteiger charge is 2.29. The zero-order chi connectivity index (χ0) is 12.6. The van der Waals surface area contributed by atoms with Crippen molar-refractivity contribution in [2.45, 2.75) is 19.4 Å². The Morgan fingerprint density at radius 1 is 1.65 bits per heavy atom. The van der Waals surface area contributed by atoms with Crippen molar-refractivity contribution in [3.8, 4) is 0 Å². The molecule has 1 aliphatic heterocycles. The number of carbonyl (C=O) groups is 1. The Labute approximate surface area is 97.1 Å². The van der Waals surface area contributed by atoms with Crippen molar-refractivity contribution in [2.24, 2.45) is 5.92 Å². The quantitative estimate of drug-likeness (QED) is 0.518. The second kappa shape index (κ2) is 4.17. The van der Waals surface area contributed by atoms with Crippen LogP contribution in [0.5, 0.6) is 0 Å². The van der Waals surface area contributed by atoms with Gasteiger partial charge in [0.2, 0.25) is 5.95 Å². The summed E-state index contributed by atoms with van der Waals surface area (Å²) in [6.45, 7) is 1.77. The number of ketones is 1. The topological polar surface area (TPSA) is 121 Å². The second-order valence-electron chi connectivity index (χ2n) is 4.14. The Kier molecular flexibility index (Phi) is 2.84. The van der Waals surface area contributed by atoms with Crippen LogP contribution in [0.1, 0.15) is 12.5 Å². The summed E-state index contributed by atoms with van der Waals surface area (Å²) in [5.41, 5.74) is 5.47. The lowest BCUT2D eigenvalue weighted by molar-refractivity contribution is -0.130. The Balaban J connectivity index is 2.31. The number of Topliss-reactive ketones (excluding diaryl/α,β-unsaturated/α-hetero) is 1. The van der Waals surface area contributed by atoms with Crippen LogP contribution in [-0.2, 0) is 11.2 Å². The highest BCUT2D eigenvalue weighted by Crippen LogP contribution is 2.21. The van der Waals surface area contributed by atoms with Gasteiger partial charge in [0.05, 0.1) is 5.56 Å². The van der Waals surface area contributed by atoms with Gasteiger partial charge in [0.15, 0.2) is 5.78 Å². The third kappa shape index (κ3) is 2.14. The van der Waals surface area contributed by atoms with Gasteiger partial charge in [0, 0.05) is 12.5 Å². The van der Waals surface area contributed by atoms with Gasteiger partial charge in [-0.3, -0.25) is 14.6 Å². The van der Waals surface area contributed by atoms with Crippen molar-refractivity contribution in [3.63, 3.8) is 0 Å². The van der Waals surface area contributed by atoms with Crippen LogP contribution in [0, 0.1) is 5.92 Å². The third-order valence-corrected chi connectivity index (χ3v) is 2.81. The smallest absolute Gasteiger partial charge is 0.257 e. The van der Waals surface area contributed by atoms with Gasteiger partial charge < -0.3 is 16.2 Å². The van der Waals surface area contributed by atoms with Crippen molar-refractivity contribution in [1.29, 1.82) is 0 Å². The molecule has 2 atom stereocenters. The van der Waals surface area contributed by atoms with Crippen LogP contribution in [0.2, 0.25) is 0 Å². The maximum atomic E-state index is 11.6. The zero-order valence-electron chi connectivity index (χ0n) is 9.36. The minimum atomic E-state index is -1.02. The molecule has 2 heterocycles. The molecule has 7 nitrogen and oxygen atoms in total. The van der Waals surface area contributed by atoms with Crippen molar-refractivity contribution < 1.29 is 9.90 Å². The average molecular weight is 238 g/mol. The number of nitrogen functional groups attached to an aromatic ring is 1. The number of hydrogen-bond donors (Lipinski definition) is 4. The predicted molar refractivity (Wildman–Crippen MR) is 61.6 cm³/mol. The Hall–Kier alpha value is -1.89. The minimum Gasteiger partial charge on any atom is -0.386 e. The molecule has 5 N–H and O–H groups in total. The largest absolute Gasteiger partial charge is 0.386 e. The van der Waals surface area contributed by atoms with Crippen LogP contribution in [0.3, 0.4) is 0 Å². The number of aromatic nitrogens is 2. The van der Waals surface area contributed by atoms with E-state index in [9.17, 15) is 14.7 Å². The highest BCUT2D eigenvalue weighted by molar-refractivity contribution is 5.86. The first-order valence-corrected chi connectivity index (χ1v) is 5.33. The molecule has 1 aromatic heterocycles. The van der Waals surface area contributed by atoms with Crippen molar-refractivity contribution in [2.75, 3.05) is 17.6 Å². The normalized spacial score (nSPS) is 20.2. The third-order valence-electron chi connectivity index (χ3n) is 2.81. The monoisotopic (exact) mass is 238 g/mol. The first-order chi connectivity index (χ1) is 7.99. The lowest BCUT2D eigenvalue weighted by atomic mass is 9.91. The summed E-state index contributed by atoms with van der Waals surface area (Å²) in [6, 6.07) is 0. The van der Waals surface area contributed by atoms with E-state index in [4.69, 9.17) is 5.73 Å². The van der Waals surface area contributed by atoms with Crippen LogP contribution < -0.4 is 16.6 Å². The molecule has 0 radical (unpaired) electrons. The zero-order valence-corrected chi connectivity index (χ0v) is 9.36. The van der Waals surface area contributed by atoms with Gasteiger partial charge in [0.1, 0.15) is 11.9 Å². The number of carbonyl (C=O) groups excluding carboxylic acids is 1. The summed E-state index contributed by atoms with van der Waals surface area (Å²) in [6.07, 6.45) is -0.751. The molecule has 0 saturated heterocycles. The Morgan fingerprint density at radius 3 is 3.00 bits per heavy atom. The molecule has 0 aliphatic carbocycles. The van der Waals surface area contributed by atoms with Crippen molar-refractivity contribution in [3.05, 3.63) is 15.9 Å². The molecule has 17 heavy (non-hydrogen) atoms. The van der Waals surface area contributed by atoms with Gasteiger partial charge in [-0.05, 0) is 13.3 Å². The second-order valence-corrected chi connectivity index (χ2v) is 4.14. The number of H-pyrrole nitrogens is 1. The predicted octanol–water partition coefficient (Wildman–Crippen LogP) is -1.11. The van der Waals surface area contributed by atoms with Crippen LogP contribution in [0.25, 0.3) is 0 Å². The molecule has 0 amide bonds. The van der Waals surface area contributed by atoms with Crippen molar-refractivity contribution >= 4 is 17.5 Å². The number of nitrogens with two attached hydrogens (primary N) is 1. The van der Waals surface area contributed by atoms with Gasteiger partial charge in [-0.15, -0.1) is 0 Å². The maximum absolute atomic E-state index is 11.6. The lowest BCUT2D eigenvalue weighted by Crippen LogP contribution is -2.38. The number of aliphatic hydroxyl groups is 1. The van der Waals surface area contributed by atoms with E-state index < -0.39 is 12.0 Å². The molecular weight excluding hydrogens is 224 g/mol. The van der Waals surface area contributed by atoms with E-state index in [2.05, 4.69) is 15.3 Å². The molecule has 1 aromatic rings. The number of aromatic amines is 1. The molecule has 0 saturated carbocycles. The molecule has 7 heteroatoms. The number of anilines is 2. The summed E-state index contributed by atoms with van der Waals surface area (Å²) in [5, 5.41) is 12.1. The van der Waals surface area contributed by atoms with Crippen molar-refractivity contribution in [1.82, 2.24) is 9.97 Å². The lowest BCUT2D eigenvalue weighted by Gasteiger charge is -2.24. The number of hydrogen-bond acceptors (Lipinski definition) is 6. The van der Waals surface area contributed by atoms with Crippen LogP contribution in [0.4, 0.5) is 11.8 Å². The summed E-state index contributed by atoms with van der Waals surface area (Å²) in [4.78, 5) is 29.6. The first kappa shape index (κ1) is 11.6. The van der Waals surface area contributed by atoms with Crippen LogP contribution >= 0.6 is 0 Å². The highest BCUT2D eigenvalue weighted by atomic mass is 16.3. The van der Waals surface area contributed by atoms with E-state index in [1.54, 1.807) is 0 Å². The van der Waals surface area contributed by atoms with E-state index >= 15 is 0 Å². The number of rotatable bonds is 2. The van der Waals surface area contributed by atoms with Crippen LogP contribution in [0.15, 0.2) is 4.79 Å². The number of fused-ring (bicyclic) bond motifs is 1. The van der Waals surface area contributed by atoms with E-state index in [1.165, 1.54) is 6.92 Å². The molecule has 1 aliphatic rings. The van der Waals surface area contributed by atoms with Gasteiger partial charge in [0.25, 0.3) is 5.56 Å². The van der Waals surface area contributed by atoms with Crippen LogP contribution in [-0.4, -0.2) is 33.5 Å². The molecule has 0 fully saturated rings. The van der Waals surface area contributed by atoms with Gasteiger partial charge in [-0.25, -0.2) is 0 Å². The molecular formula is C10H14N4O3. The molecule has 0 bridgehead atoms. The number of aliphatic hydroxyl groups excluding tert-OH is 1. The molecule has 0 spiro atoms. The molecule has 92 valence electrons. The number of nitrogens with zero attached hydrogens (tertiary/aromatic N) is 1. The Morgan fingerprint density at radius 2 is 2.35 bits per heavy atom. The molecule has 1 unspecified atom stereocenters. The minimum absolute atomic E-state index is 0.0431. The molecule has 0 aromatic carbocycles. The van der Waals surface area contributed by atoms with Gasteiger partial charge in [-0.2, -0.15) is 4.98 Å². The maximum Gasteiger partial charge on any atom is 0.257 e. The fourth-order valence-corrected chi connectivity index (χ4v) is 1.93. The Bertz CT molecular complexity index is 509. The van der Waals surface area contributed by atoms with E-state index in [-0.39, 0.29) is 23.7 Å². The SMILES string of the molecule is C[C@H](O)C(=O)C1CNc2nc(N)[nH]c(=O)c2C1. The average Bonchev–Trinajstić information content (AvgIpc) is 2.27. The summed E-state index contributed by atoms with van der Waals surface area (Å²) < 4.78 is 0. The fourth-order valence-electron chi connectivity index (χ4n) is 1.93. The number of nitrogens with one attached hydrogen (secondary N) is 2. The molecule has 2 rings (SSSR count). The standard InChI is InChI=1S/C10H14N4O3/c1-4(15)7(16)5-2-6-8(12-3-5)13-10(11)14-9(6)17/h4-5,15H,2-3H2,1H3,(H4,11,12,13,14,17)/t4-,5?/m0/s1. The fraction of sp³-hybridized carbons (Fsp3) is 0.500. The van der Waals surface area contributed by atoms with Gasteiger partial charge in [-0.1, -0.05) is 0 Å². The van der Waals surface area contributed by atoms with Gasteiger partial charge >= 0.3 is 0 Å². The first-order valence-electron chi connectivity index (χ1n) is 5.33. The van der Waals surface area contributed by atoms with E-state index in [0.29, 0.717) is 17.9 Å². The summed E-state index contributed by atoms with van der Waals surface area (Å²) >= 11 is 0. The summed E-state index contributed by atoms with van der Waals surface area (Å²) in [7, 11) is 0. The summed E-state index contributed by atoms with van der Waals surface area (Å²) in [5.74, 6) is -0.226. The van der Waals surface area contributed by atoms with E-state index in [0.717, 1.165) is 0 Å².